The molecular formula is C15H26BrN3. The van der Waals surface area contributed by atoms with E-state index in [2.05, 4.69) is 72.8 Å². The quantitative estimate of drug-likeness (QED) is 0.780. The minimum absolute atomic E-state index is 0.0481. The van der Waals surface area contributed by atoms with Crippen LogP contribution in [0, 0.1) is 0 Å². The van der Waals surface area contributed by atoms with Crippen molar-refractivity contribution in [3.05, 3.63) is 16.5 Å². The average molecular weight is 328 g/mol. The predicted molar refractivity (Wildman–Crippen MR) is 85.7 cm³/mol. The highest BCUT2D eigenvalue weighted by Gasteiger charge is 2.25. The van der Waals surface area contributed by atoms with E-state index < -0.39 is 0 Å². The minimum atomic E-state index is -0.0481. The van der Waals surface area contributed by atoms with E-state index in [0.29, 0.717) is 0 Å². The molecule has 0 spiro atoms. The lowest BCUT2D eigenvalue weighted by atomic mass is 9.90. The normalized spacial score (nSPS) is 12.6. The fourth-order valence-corrected chi connectivity index (χ4v) is 2.49. The Morgan fingerprint density at radius 3 is 2.00 bits per heavy atom. The SMILES string of the molecule is CCC(CC)(CC)Nc1cc(Br)nc(C(C)(C)C)n1. The van der Waals surface area contributed by atoms with Crippen LogP contribution in [0.1, 0.15) is 66.6 Å². The smallest absolute Gasteiger partial charge is 0.137 e. The lowest BCUT2D eigenvalue weighted by molar-refractivity contribution is 0.418. The Balaban J connectivity index is 3.11. The first-order chi connectivity index (χ1) is 8.76. The Bertz CT molecular complexity index is 412. The van der Waals surface area contributed by atoms with E-state index in [4.69, 9.17) is 0 Å². The summed E-state index contributed by atoms with van der Waals surface area (Å²) in [5.41, 5.74) is 0.0798. The van der Waals surface area contributed by atoms with Crippen LogP contribution < -0.4 is 5.32 Å². The molecule has 108 valence electrons. The molecule has 0 unspecified atom stereocenters. The summed E-state index contributed by atoms with van der Waals surface area (Å²) < 4.78 is 0.840. The second-order valence-electron chi connectivity index (χ2n) is 6.12. The van der Waals surface area contributed by atoms with Crippen molar-refractivity contribution in [1.82, 2.24) is 9.97 Å². The zero-order valence-electron chi connectivity index (χ0n) is 13.0. The van der Waals surface area contributed by atoms with Crippen LogP contribution in [0.3, 0.4) is 0 Å². The number of halogens is 1. The highest BCUT2D eigenvalue weighted by Crippen LogP contribution is 2.28. The minimum Gasteiger partial charge on any atom is -0.365 e. The summed E-state index contributed by atoms with van der Waals surface area (Å²) in [5, 5.41) is 3.61. The summed E-state index contributed by atoms with van der Waals surface area (Å²) in [5.74, 6) is 1.78. The van der Waals surface area contributed by atoms with Crippen molar-refractivity contribution in [2.24, 2.45) is 0 Å². The highest BCUT2D eigenvalue weighted by atomic mass is 79.9. The zero-order valence-corrected chi connectivity index (χ0v) is 14.6. The van der Waals surface area contributed by atoms with E-state index >= 15 is 0 Å². The Labute approximate surface area is 125 Å². The first kappa shape index (κ1) is 16.4. The molecule has 1 N–H and O–H groups in total. The molecule has 19 heavy (non-hydrogen) atoms. The molecule has 0 aliphatic heterocycles. The molecule has 0 aromatic carbocycles. The van der Waals surface area contributed by atoms with E-state index in [1.54, 1.807) is 0 Å². The second kappa shape index (κ2) is 6.21. The van der Waals surface area contributed by atoms with Gasteiger partial charge in [0.2, 0.25) is 0 Å². The van der Waals surface area contributed by atoms with Crippen molar-refractivity contribution in [2.45, 2.75) is 71.8 Å². The van der Waals surface area contributed by atoms with Gasteiger partial charge in [-0.2, -0.15) is 0 Å². The van der Waals surface area contributed by atoms with Crippen LogP contribution in [0.2, 0.25) is 0 Å². The van der Waals surface area contributed by atoms with E-state index in [-0.39, 0.29) is 11.0 Å². The fraction of sp³-hybridized carbons (Fsp3) is 0.733. The van der Waals surface area contributed by atoms with Gasteiger partial charge in [-0.15, -0.1) is 0 Å². The van der Waals surface area contributed by atoms with Gasteiger partial charge in [0.1, 0.15) is 16.2 Å². The van der Waals surface area contributed by atoms with Crippen LogP contribution in [0.5, 0.6) is 0 Å². The van der Waals surface area contributed by atoms with Crippen LogP contribution in [-0.4, -0.2) is 15.5 Å². The van der Waals surface area contributed by atoms with Gasteiger partial charge in [0.25, 0.3) is 0 Å². The molecule has 1 aromatic heterocycles. The number of rotatable bonds is 5. The maximum Gasteiger partial charge on any atom is 0.137 e. The van der Waals surface area contributed by atoms with Gasteiger partial charge in [0.15, 0.2) is 0 Å². The number of hydrogen-bond acceptors (Lipinski definition) is 3. The van der Waals surface area contributed by atoms with Gasteiger partial charge >= 0.3 is 0 Å². The predicted octanol–water partition coefficient (Wildman–Crippen LogP) is 4.92. The molecule has 0 aliphatic carbocycles. The third-order valence-electron chi connectivity index (χ3n) is 3.79. The number of aromatic nitrogens is 2. The molecule has 1 rings (SSSR count). The maximum absolute atomic E-state index is 4.68. The van der Waals surface area contributed by atoms with Crippen LogP contribution in [0.15, 0.2) is 10.7 Å². The molecule has 0 amide bonds. The standard InChI is InChI=1S/C15H26BrN3/c1-7-15(8-2,9-3)19-12-10-11(16)17-13(18-12)14(4,5)6/h10H,7-9H2,1-6H3,(H,17,18,19). The van der Waals surface area contributed by atoms with Gasteiger partial charge in [-0.05, 0) is 35.2 Å². The molecule has 0 radical (unpaired) electrons. The fourth-order valence-electron chi connectivity index (χ4n) is 2.10. The average Bonchev–Trinajstić information content (AvgIpc) is 2.34. The van der Waals surface area contributed by atoms with Crippen molar-refractivity contribution in [3.8, 4) is 0 Å². The molecular weight excluding hydrogens is 302 g/mol. The first-order valence-electron chi connectivity index (χ1n) is 7.09. The van der Waals surface area contributed by atoms with Crippen LogP contribution in [0.4, 0.5) is 5.82 Å². The zero-order chi connectivity index (χ0) is 14.7. The third-order valence-corrected chi connectivity index (χ3v) is 4.20. The van der Waals surface area contributed by atoms with E-state index in [1.807, 2.05) is 6.07 Å². The first-order valence-corrected chi connectivity index (χ1v) is 7.89. The van der Waals surface area contributed by atoms with Gasteiger partial charge in [-0.3, -0.25) is 0 Å². The highest BCUT2D eigenvalue weighted by molar-refractivity contribution is 9.10. The number of nitrogens with zero attached hydrogens (tertiary/aromatic N) is 2. The molecule has 1 heterocycles. The molecule has 3 nitrogen and oxygen atoms in total. The summed E-state index contributed by atoms with van der Waals surface area (Å²) in [4.78, 5) is 9.16. The second-order valence-corrected chi connectivity index (χ2v) is 6.93. The van der Waals surface area contributed by atoms with Crippen molar-refractivity contribution in [1.29, 1.82) is 0 Å². The summed E-state index contributed by atoms with van der Waals surface area (Å²) in [6.45, 7) is 13.1. The molecule has 0 saturated carbocycles. The Hall–Kier alpha value is -0.640. The molecule has 1 aromatic rings. The van der Waals surface area contributed by atoms with Gasteiger partial charge in [-0.25, -0.2) is 9.97 Å². The van der Waals surface area contributed by atoms with E-state index in [0.717, 1.165) is 35.5 Å². The largest absolute Gasteiger partial charge is 0.365 e. The lowest BCUT2D eigenvalue weighted by Crippen LogP contribution is -2.36. The number of anilines is 1. The van der Waals surface area contributed by atoms with Crippen molar-refractivity contribution in [3.63, 3.8) is 0 Å². The summed E-state index contributed by atoms with van der Waals surface area (Å²) in [6, 6.07) is 1.96. The molecule has 0 aliphatic rings. The molecule has 0 bridgehead atoms. The lowest BCUT2D eigenvalue weighted by Gasteiger charge is -2.33. The Morgan fingerprint density at radius 2 is 1.58 bits per heavy atom. The summed E-state index contributed by atoms with van der Waals surface area (Å²) in [6.07, 6.45) is 3.27. The Kier molecular flexibility index (Phi) is 5.36. The van der Waals surface area contributed by atoms with Crippen molar-refractivity contribution < 1.29 is 0 Å². The van der Waals surface area contributed by atoms with E-state index in [9.17, 15) is 0 Å². The topological polar surface area (TPSA) is 37.8 Å². The van der Waals surface area contributed by atoms with E-state index in [1.165, 1.54) is 0 Å². The number of nitrogens with one attached hydrogen (secondary N) is 1. The Morgan fingerprint density at radius 1 is 1.05 bits per heavy atom. The number of hydrogen-bond donors (Lipinski definition) is 1. The van der Waals surface area contributed by atoms with Crippen LogP contribution in [-0.2, 0) is 5.41 Å². The van der Waals surface area contributed by atoms with Crippen molar-refractivity contribution in [2.75, 3.05) is 5.32 Å². The van der Waals surface area contributed by atoms with Crippen molar-refractivity contribution >= 4 is 21.7 Å². The van der Waals surface area contributed by atoms with Gasteiger partial charge in [0, 0.05) is 17.0 Å². The summed E-state index contributed by atoms with van der Waals surface area (Å²) >= 11 is 3.49. The molecule has 0 atom stereocenters. The maximum atomic E-state index is 4.68. The molecule has 0 fully saturated rings. The van der Waals surface area contributed by atoms with Crippen LogP contribution in [0.25, 0.3) is 0 Å². The monoisotopic (exact) mass is 327 g/mol. The summed E-state index contributed by atoms with van der Waals surface area (Å²) in [7, 11) is 0. The molecule has 4 heteroatoms. The third kappa shape index (κ3) is 4.16. The molecule has 0 saturated heterocycles. The van der Waals surface area contributed by atoms with Gasteiger partial charge in [-0.1, -0.05) is 41.5 Å². The van der Waals surface area contributed by atoms with Gasteiger partial charge < -0.3 is 5.32 Å². The van der Waals surface area contributed by atoms with Crippen LogP contribution >= 0.6 is 15.9 Å². The van der Waals surface area contributed by atoms with Gasteiger partial charge in [0.05, 0.1) is 0 Å².